The van der Waals surface area contributed by atoms with Crippen molar-refractivity contribution in [3.05, 3.63) is 24.3 Å². The molecule has 0 bridgehead atoms. The molecular formula is C10H16O3. The molecule has 3 heteroatoms. The van der Waals surface area contributed by atoms with Crippen LogP contribution in [0.5, 0.6) is 0 Å². The quantitative estimate of drug-likeness (QED) is 0.273. The van der Waals surface area contributed by atoms with E-state index in [0.29, 0.717) is 25.2 Å². The Morgan fingerprint density at radius 3 is 2.62 bits per heavy atom. The second-order valence-corrected chi connectivity index (χ2v) is 2.40. The molecule has 0 aliphatic rings. The Hall–Kier alpha value is -1.09. The van der Waals surface area contributed by atoms with Gasteiger partial charge in [0.05, 0.1) is 20.3 Å². The van der Waals surface area contributed by atoms with E-state index in [0.717, 1.165) is 0 Å². The molecule has 0 saturated heterocycles. The van der Waals surface area contributed by atoms with E-state index >= 15 is 0 Å². The molecule has 0 fully saturated rings. The van der Waals surface area contributed by atoms with Crippen LogP contribution in [0, 0.1) is 0 Å². The van der Waals surface area contributed by atoms with Gasteiger partial charge in [-0.25, -0.2) is 4.79 Å². The molecule has 0 radical (unpaired) electrons. The fourth-order valence-corrected chi connectivity index (χ4v) is 0.814. The smallest absolute Gasteiger partial charge is 0.333 e. The van der Waals surface area contributed by atoms with Gasteiger partial charge in [-0.3, -0.25) is 0 Å². The SMILES string of the molecule is C=CCOCC=C(CC)C(=O)OC. The van der Waals surface area contributed by atoms with Crippen LogP contribution in [0.4, 0.5) is 0 Å². The molecule has 0 aromatic heterocycles. The average molecular weight is 184 g/mol. The maximum Gasteiger partial charge on any atom is 0.333 e. The summed E-state index contributed by atoms with van der Waals surface area (Å²) in [6.45, 7) is 6.33. The van der Waals surface area contributed by atoms with Crippen LogP contribution in [0.1, 0.15) is 13.3 Å². The van der Waals surface area contributed by atoms with Crippen LogP contribution in [0.3, 0.4) is 0 Å². The Labute approximate surface area is 79.0 Å². The lowest BCUT2D eigenvalue weighted by molar-refractivity contribution is -0.136. The summed E-state index contributed by atoms with van der Waals surface area (Å²) in [5.74, 6) is -0.287. The third kappa shape index (κ3) is 5.20. The first kappa shape index (κ1) is 11.9. The van der Waals surface area contributed by atoms with Gasteiger partial charge in [0.25, 0.3) is 0 Å². The first-order valence-electron chi connectivity index (χ1n) is 4.22. The Bertz CT molecular complexity index is 194. The maximum absolute atomic E-state index is 11.0. The molecule has 0 aliphatic heterocycles. The van der Waals surface area contributed by atoms with Crippen molar-refractivity contribution in [2.75, 3.05) is 20.3 Å². The minimum absolute atomic E-state index is 0.287. The zero-order valence-corrected chi connectivity index (χ0v) is 8.21. The van der Waals surface area contributed by atoms with Crippen LogP contribution >= 0.6 is 0 Å². The molecule has 74 valence electrons. The zero-order valence-electron chi connectivity index (χ0n) is 8.21. The topological polar surface area (TPSA) is 35.5 Å². The molecule has 0 aromatic rings. The largest absolute Gasteiger partial charge is 0.466 e. The number of carbonyl (C=O) groups is 1. The number of carbonyl (C=O) groups excluding carboxylic acids is 1. The third-order valence-corrected chi connectivity index (χ3v) is 1.51. The van der Waals surface area contributed by atoms with E-state index in [4.69, 9.17) is 4.74 Å². The van der Waals surface area contributed by atoms with E-state index in [9.17, 15) is 4.79 Å². The fraction of sp³-hybridized carbons (Fsp3) is 0.500. The van der Waals surface area contributed by atoms with Crippen molar-refractivity contribution in [2.45, 2.75) is 13.3 Å². The first-order chi connectivity index (χ1) is 6.26. The zero-order chi connectivity index (χ0) is 10.1. The van der Waals surface area contributed by atoms with Crippen LogP contribution in [0.2, 0.25) is 0 Å². The van der Waals surface area contributed by atoms with Gasteiger partial charge in [0.1, 0.15) is 0 Å². The van der Waals surface area contributed by atoms with Crippen LogP contribution < -0.4 is 0 Å². The van der Waals surface area contributed by atoms with Crippen molar-refractivity contribution < 1.29 is 14.3 Å². The van der Waals surface area contributed by atoms with Crippen molar-refractivity contribution in [2.24, 2.45) is 0 Å². The Kier molecular flexibility index (Phi) is 6.92. The number of ether oxygens (including phenoxy) is 2. The predicted octanol–water partition coefficient (Wildman–Crippen LogP) is 1.70. The number of hydrogen-bond acceptors (Lipinski definition) is 3. The summed E-state index contributed by atoms with van der Waals surface area (Å²) in [7, 11) is 1.37. The number of rotatable bonds is 6. The molecule has 0 aromatic carbocycles. The molecule has 0 atom stereocenters. The minimum atomic E-state index is -0.287. The summed E-state index contributed by atoms with van der Waals surface area (Å²) in [6, 6.07) is 0. The van der Waals surface area contributed by atoms with Gasteiger partial charge in [-0.1, -0.05) is 13.0 Å². The summed E-state index contributed by atoms with van der Waals surface area (Å²) < 4.78 is 9.68. The van der Waals surface area contributed by atoms with E-state index < -0.39 is 0 Å². The van der Waals surface area contributed by atoms with Gasteiger partial charge in [-0.15, -0.1) is 6.58 Å². The molecule has 0 saturated carbocycles. The van der Waals surface area contributed by atoms with Crippen LogP contribution in [0.15, 0.2) is 24.3 Å². The summed E-state index contributed by atoms with van der Waals surface area (Å²) in [6.07, 6.45) is 4.05. The minimum Gasteiger partial charge on any atom is -0.466 e. The molecular weight excluding hydrogens is 168 g/mol. The highest BCUT2D eigenvalue weighted by molar-refractivity contribution is 5.88. The predicted molar refractivity (Wildman–Crippen MR) is 51.4 cm³/mol. The van der Waals surface area contributed by atoms with Crippen LogP contribution in [0.25, 0.3) is 0 Å². The monoisotopic (exact) mass is 184 g/mol. The normalized spacial score (nSPS) is 11.1. The van der Waals surface area contributed by atoms with E-state index in [-0.39, 0.29) is 5.97 Å². The van der Waals surface area contributed by atoms with Crippen LogP contribution in [-0.2, 0) is 14.3 Å². The van der Waals surface area contributed by atoms with E-state index in [2.05, 4.69) is 11.3 Å². The highest BCUT2D eigenvalue weighted by Crippen LogP contribution is 2.02. The molecule has 3 nitrogen and oxygen atoms in total. The molecule has 0 N–H and O–H groups in total. The average Bonchev–Trinajstić information content (AvgIpc) is 2.17. The van der Waals surface area contributed by atoms with Gasteiger partial charge in [0, 0.05) is 5.57 Å². The highest BCUT2D eigenvalue weighted by Gasteiger charge is 2.05. The second-order valence-electron chi connectivity index (χ2n) is 2.40. The first-order valence-corrected chi connectivity index (χ1v) is 4.22. The van der Waals surface area contributed by atoms with Crippen LogP contribution in [-0.4, -0.2) is 26.3 Å². The van der Waals surface area contributed by atoms with Gasteiger partial charge < -0.3 is 9.47 Å². The summed E-state index contributed by atoms with van der Waals surface area (Å²) in [5, 5.41) is 0. The van der Waals surface area contributed by atoms with Crippen molar-refractivity contribution >= 4 is 5.97 Å². The molecule has 0 spiro atoms. The van der Waals surface area contributed by atoms with Crippen molar-refractivity contribution in [1.82, 2.24) is 0 Å². The van der Waals surface area contributed by atoms with E-state index in [1.165, 1.54) is 7.11 Å². The summed E-state index contributed by atoms with van der Waals surface area (Å²) in [4.78, 5) is 11.0. The lowest BCUT2D eigenvalue weighted by Crippen LogP contribution is -2.05. The van der Waals surface area contributed by atoms with Gasteiger partial charge in [-0.2, -0.15) is 0 Å². The number of hydrogen-bond donors (Lipinski definition) is 0. The lowest BCUT2D eigenvalue weighted by Gasteiger charge is -2.01. The highest BCUT2D eigenvalue weighted by atomic mass is 16.5. The molecule has 0 rings (SSSR count). The molecule has 0 aliphatic carbocycles. The van der Waals surface area contributed by atoms with Crippen molar-refractivity contribution in [3.63, 3.8) is 0 Å². The fourth-order valence-electron chi connectivity index (χ4n) is 0.814. The molecule has 0 heterocycles. The number of methoxy groups -OCH3 is 1. The van der Waals surface area contributed by atoms with E-state index in [1.807, 2.05) is 6.92 Å². The lowest BCUT2D eigenvalue weighted by atomic mass is 10.2. The van der Waals surface area contributed by atoms with Gasteiger partial charge in [-0.05, 0) is 12.5 Å². The summed E-state index contributed by atoms with van der Waals surface area (Å²) in [5.41, 5.74) is 0.645. The molecule has 13 heavy (non-hydrogen) atoms. The van der Waals surface area contributed by atoms with E-state index in [1.54, 1.807) is 12.2 Å². The third-order valence-electron chi connectivity index (χ3n) is 1.51. The molecule has 0 amide bonds. The molecule has 0 unspecified atom stereocenters. The maximum atomic E-state index is 11.0. The van der Waals surface area contributed by atoms with Gasteiger partial charge in [0.2, 0.25) is 0 Å². The standard InChI is InChI=1S/C10H16O3/c1-4-7-13-8-6-9(5-2)10(11)12-3/h4,6H,1,5,7-8H2,2-3H3. The Morgan fingerprint density at radius 1 is 1.46 bits per heavy atom. The van der Waals surface area contributed by atoms with Gasteiger partial charge in [0.15, 0.2) is 0 Å². The Balaban J connectivity index is 3.91. The Morgan fingerprint density at radius 2 is 2.15 bits per heavy atom. The van der Waals surface area contributed by atoms with Gasteiger partial charge >= 0.3 is 5.97 Å². The number of esters is 1. The van der Waals surface area contributed by atoms with Crippen molar-refractivity contribution in [3.8, 4) is 0 Å². The second kappa shape index (κ2) is 7.55. The van der Waals surface area contributed by atoms with Crippen molar-refractivity contribution in [1.29, 1.82) is 0 Å². The summed E-state index contributed by atoms with van der Waals surface area (Å²) >= 11 is 0.